The van der Waals surface area contributed by atoms with Gasteiger partial charge in [-0.1, -0.05) is 44.2 Å². The van der Waals surface area contributed by atoms with Crippen molar-refractivity contribution in [3.8, 4) is 0 Å². The first-order chi connectivity index (χ1) is 12.9. The van der Waals surface area contributed by atoms with Crippen LogP contribution in [0.5, 0.6) is 0 Å². The van der Waals surface area contributed by atoms with Crippen molar-refractivity contribution in [1.82, 2.24) is 10.2 Å². The minimum atomic E-state index is -0.996. The third-order valence-electron chi connectivity index (χ3n) is 5.05. The monoisotopic (exact) mass is 368 g/mol. The zero-order valence-electron chi connectivity index (χ0n) is 15.5. The Morgan fingerprint density at radius 2 is 1.81 bits per heavy atom. The van der Waals surface area contributed by atoms with Crippen molar-refractivity contribution in [2.45, 2.75) is 38.8 Å². The molecule has 0 unspecified atom stereocenters. The number of rotatable bonds is 5. The summed E-state index contributed by atoms with van der Waals surface area (Å²) in [5.41, 5.74) is 0.475. The number of nitrogens with zero attached hydrogens (tertiary/aromatic N) is 1. The molecule has 2 aromatic rings. The Morgan fingerprint density at radius 3 is 2.48 bits per heavy atom. The van der Waals surface area contributed by atoms with E-state index in [0.29, 0.717) is 24.9 Å². The first-order valence-corrected chi connectivity index (χ1v) is 9.21. The molecule has 0 radical (unpaired) electrons. The van der Waals surface area contributed by atoms with Crippen molar-refractivity contribution in [2.24, 2.45) is 5.92 Å². The first kappa shape index (κ1) is 18.9. The molecular weight excluding hydrogens is 344 g/mol. The molecule has 3 rings (SSSR count). The molecule has 142 valence electrons. The van der Waals surface area contributed by atoms with Crippen LogP contribution in [0.2, 0.25) is 0 Å². The van der Waals surface area contributed by atoms with E-state index in [4.69, 9.17) is 0 Å². The molecule has 2 atom stereocenters. The molecule has 6 heteroatoms. The second-order valence-corrected chi connectivity index (χ2v) is 7.28. The van der Waals surface area contributed by atoms with Crippen LogP contribution < -0.4 is 5.32 Å². The van der Waals surface area contributed by atoms with Gasteiger partial charge in [-0.15, -0.1) is 0 Å². The van der Waals surface area contributed by atoms with Gasteiger partial charge in [0.05, 0.1) is 0 Å². The topological polar surface area (TPSA) is 86.7 Å². The lowest BCUT2D eigenvalue weighted by Gasteiger charge is -2.29. The number of hydrogen-bond acceptors (Lipinski definition) is 3. The van der Waals surface area contributed by atoms with Crippen LogP contribution >= 0.6 is 0 Å². The maximum absolute atomic E-state index is 12.9. The molecule has 0 saturated carbocycles. The molecule has 1 aliphatic rings. The standard InChI is InChI=1S/C21H24N2O4/c1-13(2)18(20(25)23-11-5-8-17(23)21(26)27)22-19(24)16-10-9-14-6-3-4-7-15(14)12-16/h3-4,6-7,9-10,12-13,17-18H,5,8,11H2,1-2H3,(H,22,24)(H,26,27)/t17-,18-/m0/s1. The van der Waals surface area contributed by atoms with E-state index in [-0.39, 0.29) is 17.7 Å². The Hall–Kier alpha value is -2.89. The van der Waals surface area contributed by atoms with Gasteiger partial charge in [-0.3, -0.25) is 9.59 Å². The summed E-state index contributed by atoms with van der Waals surface area (Å²) in [4.78, 5) is 38.4. The van der Waals surface area contributed by atoms with Gasteiger partial charge in [0.2, 0.25) is 5.91 Å². The fraction of sp³-hybridized carbons (Fsp3) is 0.381. The SMILES string of the molecule is CC(C)[C@H](NC(=O)c1ccc2ccccc2c1)C(=O)N1CCC[C@H]1C(=O)O. The molecule has 2 N–H and O–H groups in total. The fourth-order valence-corrected chi connectivity index (χ4v) is 3.53. The number of nitrogens with one attached hydrogen (secondary N) is 1. The molecule has 2 amide bonds. The summed E-state index contributed by atoms with van der Waals surface area (Å²) in [6.07, 6.45) is 1.11. The van der Waals surface area contributed by atoms with Crippen LogP contribution in [0, 0.1) is 5.92 Å². The van der Waals surface area contributed by atoms with Gasteiger partial charge in [0, 0.05) is 12.1 Å². The molecule has 0 aromatic heterocycles. The van der Waals surface area contributed by atoms with Crippen molar-refractivity contribution < 1.29 is 19.5 Å². The normalized spacial score (nSPS) is 17.9. The number of carbonyl (C=O) groups excluding carboxylic acids is 2. The van der Waals surface area contributed by atoms with E-state index in [1.54, 1.807) is 12.1 Å². The maximum Gasteiger partial charge on any atom is 0.326 e. The minimum absolute atomic E-state index is 0.156. The molecule has 6 nitrogen and oxygen atoms in total. The summed E-state index contributed by atoms with van der Waals surface area (Å²) < 4.78 is 0. The molecule has 1 fully saturated rings. The molecule has 0 bridgehead atoms. The quantitative estimate of drug-likeness (QED) is 0.849. The number of carbonyl (C=O) groups is 3. The second-order valence-electron chi connectivity index (χ2n) is 7.28. The predicted molar refractivity (Wildman–Crippen MR) is 102 cm³/mol. The van der Waals surface area contributed by atoms with Crippen molar-refractivity contribution in [3.63, 3.8) is 0 Å². The third-order valence-corrected chi connectivity index (χ3v) is 5.05. The zero-order valence-corrected chi connectivity index (χ0v) is 15.5. The number of fused-ring (bicyclic) bond motifs is 1. The van der Waals surface area contributed by atoms with Crippen LogP contribution in [0.1, 0.15) is 37.0 Å². The molecular formula is C21H24N2O4. The highest BCUT2D eigenvalue weighted by atomic mass is 16.4. The van der Waals surface area contributed by atoms with Gasteiger partial charge in [-0.05, 0) is 41.7 Å². The van der Waals surface area contributed by atoms with Crippen LogP contribution in [-0.2, 0) is 9.59 Å². The predicted octanol–water partition coefficient (Wildman–Crippen LogP) is 2.67. The Kier molecular flexibility index (Phi) is 5.44. The summed E-state index contributed by atoms with van der Waals surface area (Å²) in [5, 5.41) is 14.1. The number of hydrogen-bond donors (Lipinski definition) is 2. The van der Waals surface area contributed by atoms with Crippen molar-refractivity contribution in [1.29, 1.82) is 0 Å². The van der Waals surface area contributed by atoms with E-state index >= 15 is 0 Å². The largest absolute Gasteiger partial charge is 0.480 e. The summed E-state index contributed by atoms with van der Waals surface area (Å²) in [6, 6.07) is 11.6. The summed E-state index contributed by atoms with van der Waals surface area (Å²) in [6.45, 7) is 4.09. The van der Waals surface area contributed by atoms with E-state index in [9.17, 15) is 19.5 Å². The number of amides is 2. The highest BCUT2D eigenvalue weighted by Crippen LogP contribution is 2.21. The van der Waals surface area contributed by atoms with Crippen molar-refractivity contribution in [3.05, 3.63) is 48.0 Å². The third kappa shape index (κ3) is 3.94. The van der Waals surface area contributed by atoms with Gasteiger partial charge in [-0.25, -0.2) is 4.79 Å². The van der Waals surface area contributed by atoms with Crippen LogP contribution in [0.25, 0.3) is 10.8 Å². The van der Waals surface area contributed by atoms with Gasteiger partial charge in [0.25, 0.3) is 5.91 Å². The van der Waals surface area contributed by atoms with Crippen LogP contribution in [0.15, 0.2) is 42.5 Å². The van der Waals surface area contributed by atoms with Gasteiger partial charge in [-0.2, -0.15) is 0 Å². The molecule has 27 heavy (non-hydrogen) atoms. The van der Waals surface area contributed by atoms with E-state index in [1.807, 2.05) is 44.2 Å². The molecule has 1 saturated heterocycles. The number of carboxylic acids is 1. The molecule has 0 spiro atoms. The molecule has 1 heterocycles. The van der Waals surface area contributed by atoms with Crippen LogP contribution in [-0.4, -0.2) is 46.4 Å². The van der Waals surface area contributed by atoms with Gasteiger partial charge < -0.3 is 15.3 Å². The van der Waals surface area contributed by atoms with Gasteiger partial charge >= 0.3 is 5.97 Å². The Morgan fingerprint density at radius 1 is 1.11 bits per heavy atom. The molecule has 0 aliphatic carbocycles. The minimum Gasteiger partial charge on any atom is -0.480 e. The first-order valence-electron chi connectivity index (χ1n) is 9.21. The summed E-state index contributed by atoms with van der Waals surface area (Å²) in [7, 11) is 0. The number of carboxylic acid groups (broad SMARTS) is 1. The Labute approximate surface area is 158 Å². The smallest absolute Gasteiger partial charge is 0.326 e. The highest BCUT2D eigenvalue weighted by molar-refractivity contribution is 6.01. The van der Waals surface area contributed by atoms with Crippen LogP contribution in [0.4, 0.5) is 0 Å². The summed E-state index contributed by atoms with van der Waals surface area (Å²) in [5.74, 6) is -1.82. The van der Waals surface area contributed by atoms with E-state index < -0.39 is 18.1 Å². The van der Waals surface area contributed by atoms with E-state index in [2.05, 4.69) is 5.32 Å². The lowest BCUT2D eigenvalue weighted by molar-refractivity contribution is -0.149. The van der Waals surface area contributed by atoms with E-state index in [1.165, 1.54) is 4.90 Å². The van der Waals surface area contributed by atoms with E-state index in [0.717, 1.165) is 10.8 Å². The molecule has 1 aliphatic heterocycles. The number of likely N-dealkylation sites (tertiary alicyclic amines) is 1. The van der Waals surface area contributed by atoms with Gasteiger partial charge in [0.15, 0.2) is 0 Å². The highest BCUT2D eigenvalue weighted by Gasteiger charge is 2.38. The number of aliphatic carboxylic acids is 1. The van der Waals surface area contributed by atoms with Gasteiger partial charge in [0.1, 0.15) is 12.1 Å². The lowest BCUT2D eigenvalue weighted by atomic mass is 10.0. The fourth-order valence-electron chi connectivity index (χ4n) is 3.53. The maximum atomic E-state index is 12.9. The number of benzene rings is 2. The van der Waals surface area contributed by atoms with Crippen molar-refractivity contribution in [2.75, 3.05) is 6.54 Å². The second kappa shape index (κ2) is 7.78. The Balaban J connectivity index is 1.79. The molecule has 2 aromatic carbocycles. The average molecular weight is 368 g/mol. The zero-order chi connectivity index (χ0) is 19.6. The average Bonchev–Trinajstić information content (AvgIpc) is 3.15. The lowest BCUT2D eigenvalue weighted by Crippen LogP contribution is -2.53. The Bertz CT molecular complexity index is 877. The van der Waals surface area contributed by atoms with Crippen LogP contribution in [0.3, 0.4) is 0 Å². The van der Waals surface area contributed by atoms with Crippen molar-refractivity contribution >= 4 is 28.6 Å². The summed E-state index contributed by atoms with van der Waals surface area (Å²) >= 11 is 0.